The normalized spacial score (nSPS) is 20.6. The van der Waals surface area contributed by atoms with Gasteiger partial charge >= 0.3 is 0 Å². The predicted octanol–water partition coefficient (Wildman–Crippen LogP) is 1.72. The number of carbonyl (C=O) groups excluding carboxylic acids is 1. The van der Waals surface area contributed by atoms with Gasteiger partial charge in [0.2, 0.25) is 0 Å². The third-order valence-corrected chi connectivity index (χ3v) is 4.34. The molecule has 4 N–H and O–H groups in total. The van der Waals surface area contributed by atoms with Crippen molar-refractivity contribution in [2.45, 2.75) is 42.3 Å². The molecule has 0 bridgehead atoms. The summed E-state index contributed by atoms with van der Waals surface area (Å²) < 4.78 is 5.55. The first-order valence-corrected chi connectivity index (χ1v) is 7.82. The van der Waals surface area contributed by atoms with Crippen LogP contribution in [-0.4, -0.2) is 33.2 Å². The van der Waals surface area contributed by atoms with Crippen LogP contribution in [0.25, 0.3) is 0 Å². The first kappa shape index (κ1) is 16.9. The molecule has 3 rings (SSSR count). The van der Waals surface area contributed by atoms with Gasteiger partial charge in [-0.3, -0.25) is 9.89 Å². The highest BCUT2D eigenvalue weighted by molar-refractivity contribution is 7.98. The highest BCUT2D eigenvalue weighted by Crippen LogP contribution is 2.21. The van der Waals surface area contributed by atoms with E-state index in [1.807, 2.05) is 0 Å². The van der Waals surface area contributed by atoms with E-state index in [-0.39, 0.29) is 30.4 Å². The monoisotopic (exact) mass is 343 g/mol. The van der Waals surface area contributed by atoms with Crippen LogP contribution < -0.4 is 11.1 Å². The van der Waals surface area contributed by atoms with Gasteiger partial charge in [-0.15, -0.1) is 12.4 Å². The number of thioether (sulfide) groups is 1. The van der Waals surface area contributed by atoms with E-state index in [1.54, 1.807) is 12.1 Å². The van der Waals surface area contributed by atoms with Gasteiger partial charge in [0.05, 0.1) is 5.75 Å². The number of aromatic nitrogens is 3. The second kappa shape index (κ2) is 7.66. The standard InChI is InChI=1S/C13H17N5O2S.ClH/c14-8-1-2-9(5-8)17-12(19)11-4-3-10(20-11)6-21-13-15-7-16-18-13;/h3-4,7-9H,1-2,5-6,14H2,(H,17,19)(H,15,16,18);1H/t8-,9-;/m1./s1. The molecule has 2 aromatic rings. The molecular formula is C13H18ClN5O2S. The third-order valence-electron chi connectivity index (χ3n) is 3.44. The Morgan fingerprint density at radius 1 is 1.50 bits per heavy atom. The van der Waals surface area contributed by atoms with E-state index in [0.29, 0.717) is 11.5 Å². The Hall–Kier alpha value is -1.51. The maximum atomic E-state index is 12.1. The molecular weight excluding hydrogens is 326 g/mol. The molecule has 1 amide bonds. The van der Waals surface area contributed by atoms with Crippen LogP contribution in [0.2, 0.25) is 0 Å². The van der Waals surface area contributed by atoms with Crippen molar-refractivity contribution in [3.63, 3.8) is 0 Å². The summed E-state index contributed by atoms with van der Waals surface area (Å²) >= 11 is 1.47. The molecule has 9 heteroatoms. The van der Waals surface area contributed by atoms with Gasteiger partial charge in [-0.05, 0) is 31.4 Å². The van der Waals surface area contributed by atoms with Crippen molar-refractivity contribution in [3.05, 3.63) is 30.0 Å². The lowest BCUT2D eigenvalue weighted by Gasteiger charge is -2.10. The number of aromatic amines is 1. The van der Waals surface area contributed by atoms with E-state index in [9.17, 15) is 4.79 Å². The predicted molar refractivity (Wildman–Crippen MR) is 85.0 cm³/mol. The number of carbonyl (C=O) groups is 1. The van der Waals surface area contributed by atoms with Gasteiger partial charge in [0.25, 0.3) is 5.91 Å². The highest BCUT2D eigenvalue weighted by Gasteiger charge is 2.24. The Kier molecular flexibility index (Phi) is 5.87. The van der Waals surface area contributed by atoms with Crippen molar-refractivity contribution in [3.8, 4) is 0 Å². The van der Waals surface area contributed by atoms with Gasteiger partial charge in [-0.2, -0.15) is 5.10 Å². The van der Waals surface area contributed by atoms with Gasteiger partial charge in [0, 0.05) is 12.1 Å². The summed E-state index contributed by atoms with van der Waals surface area (Å²) in [7, 11) is 0. The lowest BCUT2D eigenvalue weighted by atomic mass is 10.2. The summed E-state index contributed by atoms with van der Waals surface area (Å²) in [6.45, 7) is 0. The van der Waals surface area contributed by atoms with Crippen molar-refractivity contribution < 1.29 is 9.21 Å². The summed E-state index contributed by atoms with van der Waals surface area (Å²) in [6, 6.07) is 3.85. The lowest BCUT2D eigenvalue weighted by molar-refractivity contribution is 0.0908. The molecule has 0 saturated heterocycles. The average molecular weight is 344 g/mol. The molecule has 22 heavy (non-hydrogen) atoms. The van der Waals surface area contributed by atoms with Crippen molar-refractivity contribution in [1.29, 1.82) is 0 Å². The molecule has 1 fully saturated rings. The molecule has 0 unspecified atom stereocenters. The van der Waals surface area contributed by atoms with E-state index in [2.05, 4.69) is 20.5 Å². The fourth-order valence-corrected chi connectivity index (χ4v) is 3.06. The lowest BCUT2D eigenvalue weighted by Crippen LogP contribution is -2.33. The Balaban J connectivity index is 0.00000176. The Morgan fingerprint density at radius 2 is 2.36 bits per heavy atom. The summed E-state index contributed by atoms with van der Waals surface area (Å²) in [6.07, 6.45) is 4.18. The quantitative estimate of drug-likeness (QED) is 0.713. The number of nitrogens with zero attached hydrogens (tertiary/aromatic N) is 2. The molecule has 2 aromatic heterocycles. The zero-order valence-corrected chi connectivity index (χ0v) is 13.5. The van der Waals surface area contributed by atoms with E-state index in [4.69, 9.17) is 10.2 Å². The number of hydrogen-bond donors (Lipinski definition) is 3. The Morgan fingerprint density at radius 3 is 3.05 bits per heavy atom. The van der Waals surface area contributed by atoms with Crippen LogP contribution in [0.5, 0.6) is 0 Å². The van der Waals surface area contributed by atoms with E-state index in [1.165, 1.54) is 18.1 Å². The van der Waals surface area contributed by atoms with Crippen LogP contribution >= 0.6 is 24.2 Å². The van der Waals surface area contributed by atoms with Crippen molar-refractivity contribution in [2.24, 2.45) is 5.73 Å². The van der Waals surface area contributed by atoms with Gasteiger partial charge in [0.15, 0.2) is 10.9 Å². The average Bonchev–Trinajstić information content (AvgIpc) is 3.17. The summed E-state index contributed by atoms with van der Waals surface area (Å²) in [5.74, 6) is 1.48. The molecule has 1 aliphatic carbocycles. The number of furan rings is 1. The van der Waals surface area contributed by atoms with Crippen LogP contribution in [0, 0.1) is 0 Å². The first-order valence-electron chi connectivity index (χ1n) is 6.84. The summed E-state index contributed by atoms with van der Waals surface area (Å²) in [5, 5.41) is 10.2. The SMILES string of the molecule is Cl.N[C@@H]1CC[C@@H](NC(=O)c2ccc(CSc3ncn[nH]3)o2)C1. The largest absolute Gasteiger partial charge is 0.455 e. The molecule has 1 aliphatic rings. The molecule has 2 atom stereocenters. The topological polar surface area (TPSA) is 110 Å². The van der Waals surface area contributed by atoms with Crippen molar-refractivity contribution in [2.75, 3.05) is 0 Å². The fraction of sp³-hybridized carbons (Fsp3) is 0.462. The number of hydrogen-bond acceptors (Lipinski definition) is 6. The molecule has 0 radical (unpaired) electrons. The van der Waals surface area contributed by atoms with Gasteiger partial charge in [-0.25, -0.2) is 4.98 Å². The molecule has 7 nitrogen and oxygen atoms in total. The van der Waals surface area contributed by atoms with Gasteiger partial charge in [-0.1, -0.05) is 11.8 Å². The van der Waals surface area contributed by atoms with E-state index < -0.39 is 0 Å². The third kappa shape index (κ3) is 4.25. The number of rotatable bonds is 5. The fourth-order valence-electron chi connectivity index (χ4n) is 2.38. The number of halogens is 1. The molecule has 0 aromatic carbocycles. The van der Waals surface area contributed by atoms with Crippen molar-refractivity contribution >= 4 is 30.1 Å². The van der Waals surface area contributed by atoms with Gasteiger partial charge < -0.3 is 15.5 Å². The van der Waals surface area contributed by atoms with Gasteiger partial charge in [0.1, 0.15) is 12.1 Å². The molecule has 1 saturated carbocycles. The van der Waals surface area contributed by atoms with Crippen molar-refractivity contribution in [1.82, 2.24) is 20.5 Å². The molecule has 0 spiro atoms. The van der Waals surface area contributed by atoms with Crippen LogP contribution in [0.3, 0.4) is 0 Å². The molecule has 2 heterocycles. The number of nitrogens with one attached hydrogen (secondary N) is 2. The Bertz CT molecular complexity index is 603. The van der Waals surface area contributed by atoms with E-state index >= 15 is 0 Å². The first-order chi connectivity index (χ1) is 10.2. The number of amides is 1. The van der Waals surface area contributed by atoms with Crippen LogP contribution in [0.4, 0.5) is 0 Å². The number of H-pyrrole nitrogens is 1. The van der Waals surface area contributed by atoms with Crippen LogP contribution in [0.1, 0.15) is 35.6 Å². The Labute approximate surface area is 138 Å². The molecule has 0 aliphatic heterocycles. The minimum atomic E-state index is -0.176. The molecule has 120 valence electrons. The minimum Gasteiger partial charge on any atom is -0.455 e. The maximum absolute atomic E-state index is 12.1. The van der Waals surface area contributed by atoms with E-state index in [0.717, 1.165) is 30.2 Å². The highest BCUT2D eigenvalue weighted by atomic mass is 35.5. The summed E-state index contributed by atoms with van der Waals surface area (Å²) in [5.41, 5.74) is 5.84. The maximum Gasteiger partial charge on any atom is 0.287 e. The zero-order chi connectivity index (χ0) is 14.7. The smallest absolute Gasteiger partial charge is 0.287 e. The summed E-state index contributed by atoms with van der Waals surface area (Å²) in [4.78, 5) is 16.1. The van der Waals surface area contributed by atoms with Crippen LogP contribution in [-0.2, 0) is 5.75 Å². The van der Waals surface area contributed by atoms with Crippen LogP contribution in [0.15, 0.2) is 28.0 Å². The second-order valence-corrected chi connectivity index (χ2v) is 6.05. The zero-order valence-electron chi connectivity index (χ0n) is 11.8. The number of nitrogens with two attached hydrogens (primary N) is 1. The second-order valence-electron chi connectivity index (χ2n) is 5.09. The minimum absolute atomic E-state index is 0.